The first-order chi connectivity index (χ1) is 5.84. The molecule has 0 amide bonds. The number of aryl methyl sites for hydroxylation is 1. The van der Waals surface area contributed by atoms with E-state index in [0.29, 0.717) is 0 Å². The zero-order valence-electron chi connectivity index (χ0n) is 6.82. The number of H-pyrrole nitrogens is 1. The van der Waals surface area contributed by atoms with Gasteiger partial charge in [0.2, 0.25) is 0 Å². The third-order valence-corrected chi connectivity index (χ3v) is 3.71. The molecule has 0 saturated heterocycles. The Morgan fingerprint density at radius 2 is 2.15 bits per heavy atom. The number of hydrogen-bond donors (Lipinski definition) is 1. The summed E-state index contributed by atoms with van der Waals surface area (Å²) in [6.07, 6.45) is 0. The van der Waals surface area contributed by atoms with E-state index < -0.39 is 0 Å². The van der Waals surface area contributed by atoms with E-state index in [0.717, 1.165) is 0 Å². The van der Waals surface area contributed by atoms with Crippen molar-refractivity contribution in [1.29, 1.82) is 0 Å². The van der Waals surface area contributed by atoms with Gasteiger partial charge in [0.1, 0.15) is 0 Å². The number of nitrogens with one attached hydrogen (secondary N) is 1. The molecule has 0 unspecified atom stereocenters. The van der Waals surface area contributed by atoms with Crippen LogP contribution in [-0.4, -0.2) is 4.98 Å². The van der Waals surface area contributed by atoms with Crippen LogP contribution in [0.5, 0.6) is 0 Å². The Labute approximate surface area is 94.2 Å². The fourth-order valence-electron chi connectivity index (χ4n) is 1.47. The van der Waals surface area contributed by atoms with Gasteiger partial charge in [0.05, 0.1) is 4.83 Å². The molecule has 0 atom stereocenters. The third-order valence-electron chi connectivity index (χ3n) is 1.98. The van der Waals surface area contributed by atoms with Crippen LogP contribution in [0.1, 0.15) is 4.88 Å². The summed E-state index contributed by atoms with van der Waals surface area (Å²) in [5.41, 5.74) is 0. The fourth-order valence-corrected chi connectivity index (χ4v) is 3.19. The SMILES string of the molecule is Cc1cc2c([nH]c3s[c-]cc32)s1.[Fe]. The summed E-state index contributed by atoms with van der Waals surface area (Å²) in [6.45, 7) is 2.14. The molecule has 4 heteroatoms. The number of hydrogen-bond acceptors (Lipinski definition) is 2. The van der Waals surface area contributed by atoms with E-state index in [-0.39, 0.29) is 17.1 Å². The molecule has 3 aromatic rings. The van der Waals surface area contributed by atoms with Gasteiger partial charge in [-0.25, -0.2) is 0 Å². The maximum Gasteiger partial charge on any atom is 0.0764 e. The molecule has 0 radical (unpaired) electrons. The van der Waals surface area contributed by atoms with E-state index in [9.17, 15) is 0 Å². The Morgan fingerprint density at radius 3 is 3.00 bits per heavy atom. The van der Waals surface area contributed by atoms with Gasteiger partial charge in [-0.15, -0.1) is 22.1 Å². The Hall–Kier alpha value is -0.281. The van der Waals surface area contributed by atoms with Crippen LogP contribution < -0.4 is 0 Å². The van der Waals surface area contributed by atoms with Crippen LogP contribution in [0.3, 0.4) is 0 Å². The maximum absolute atomic E-state index is 3.38. The fraction of sp³-hybridized carbons (Fsp3) is 0.111. The van der Waals surface area contributed by atoms with Gasteiger partial charge in [0, 0.05) is 21.9 Å². The first-order valence-electron chi connectivity index (χ1n) is 3.72. The first-order valence-corrected chi connectivity index (χ1v) is 5.35. The van der Waals surface area contributed by atoms with Crippen molar-refractivity contribution in [1.82, 2.24) is 4.98 Å². The smallest absolute Gasteiger partial charge is 0.0764 e. The standard InChI is InChI=1S/C9H6NS2.Fe/c1-5-4-7-6-2-3-11-8(6)10-9(7)12-5;/h2,4,10H,1H3;/q-1;. The van der Waals surface area contributed by atoms with Gasteiger partial charge in [-0.05, 0) is 12.3 Å². The van der Waals surface area contributed by atoms with Crippen LogP contribution in [0.25, 0.3) is 20.4 Å². The van der Waals surface area contributed by atoms with Crippen LogP contribution in [0, 0.1) is 12.3 Å². The number of thiophene rings is 2. The second kappa shape index (κ2) is 3.14. The van der Waals surface area contributed by atoms with Gasteiger partial charge in [-0.2, -0.15) is 6.07 Å². The predicted octanol–water partition coefficient (Wildman–Crippen LogP) is 3.55. The van der Waals surface area contributed by atoms with Crippen molar-refractivity contribution in [2.45, 2.75) is 6.92 Å². The Kier molecular flexibility index (Phi) is 2.24. The van der Waals surface area contributed by atoms with Gasteiger partial charge in [0.25, 0.3) is 0 Å². The Balaban J connectivity index is 0.000000653. The molecular weight excluding hydrogens is 242 g/mol. The third kappa shape index (κ3) is 1.25. The van der Waals surface area contributed by atoms with Crippen LogP contribution in [0.4, 0.5) is 0 Å². The van der Waals surface area contributed by atoms with Gasteiger partial charge in [-0.1, -0.05) is 10.9 Å². The van der Waals surface area contributed by atoms with E-state index >= 15 is 0 Å². The molecule has 0 saturated carbocycles. The minimum atomic E-state index is 0. The summed E-state index contributed by atoms with van der Waals surface area (Å²) >= 11 is 3.47. The molecule has 68 valence electrons. The van der Waals surface area contributed by atoms with Crippen LogP contribution in [-0.2, 0) is 17.1 Å². The van der Waals surface area contributed by atoms with Gasteiger partial charge < -0.3 is 4.98 Å². The molecule has 3 heterocycles. The van der Waals surface area contributed by atoms with Crippen molar-refractivity contribution in [3.63, 3.8) is 0 Å². The zero-order chi connectivity index (χ0) is 8.13. The van der Waals surface area contributed by atoms with E-state index in [4.69, 9.17) is 0 Å². The second-order valence-corrected chi connectivity index (χ2v) is 4.94. The number of aromatic amines is 1. The van der Waals surface area contributed by atoms with Crippen molar-refractivity contribution in [2.24, 2.45) is 0 Å². The number of aromatic nitrogens is 1. The van der Waals surface area contributed by atoms with E-state index in [1.165, 1.54) is 25.3 Å². The molecule has 0 fully saturated rings. The average Bonchev–Trinajstić information content (AvgIpc) is 2.59. The summed E-state index contributed by atoms with van der Waals surface area (Å²) in [6, 6.07) is 4.30. The molecule has 0 spiro atoms. The van der Waals surface area contributed by atoms with Crippen molar-refractivity contribution >= 4 is 43.1 Å². The van der Waals surface area contributed by atoms with Crippen molar-refractivity contribution in [2.75, 3.05) is 0 Å². The van der Waals surface area contributed by atoms with E-state index in [1.54, 1.807) is 11.3 Å². The normalized spacial score (nSPS) is 10.8. The molecule has 3 rings (SSSR count). The van der Waals surface area contributed by atoms with Crippen LogP contribution in [0.15, 0.2) is 12.1 Å². The van der Waals surface area contributed by atoms with Crippen LogP contribution >= 0.6 is 22.7 Å². The van der Waals surface area contributed by atoms with E-state index in [2.05, 4.69) is 29.4 Å². The molecule has 3 aromatic heterocycles. The minimum absolute atomic E-state index is 0. The molecule has 0 bridgehead atoms. The summed E-state index contributed by atoms with van der Waals surface area (Å²) in [7, 11) is 0. The molecule has 0 aromatic carbocycles. The first kappa shape index (κ1) is 9.28. The van der Waals surface area contributed by atoms with Crippen LogP contribution in [0.2, 0.25) is 0 Å². The van der Waals surface area contributed by atoms with Crippen molar-refractivity contribution in [3.05, 3.63) is 22.4 Å². The summed E-state index contributed by atoms with van der Waals surface area (Å²) in [5, 5.41) is 5.80. The minimum Gasteiger partial charge on any atom is -0.401 e. The van der Waals surface area contributed by atoms with Gasteiger partial charge >= 0.3 is 0 Å². The molecule has 0 aliphatic carbocycles. The molecule has 1 N–H and O–H groups in total. The topological polar surface area (TPSA) is 15.8 Å². The molecule has 1 nitrogen and oxygen atoms in total. The second-order valence-electron chi connectivity index (χ2n) is 2.83. The maximum atomic E-state index is 3.38. The summed E-state index contributed by atoms with van der Waals surface area (Å²) in [5.74, 6) is 0. The van der Waals surface area contributed by atoms with Crippen molar-refractivity contribution < 1.29 is 17.1 Å². The van der Waals surface area contributed by atoms with Gasteiger partial charge in [0.15, 0.2) is 0 Å². The molecule has 13 heavy (non-hydrogen) atoms. The van der Waals surface area contributed by atoms with E-state index in [1.807, 2.05) is 11.3 Å². The van der Waals surface area contributed by atoms with Crippen molar-refractivity contribution in [3.8, 4) is 0 Å². The number of rotatable bonds is 0. The largest absolute Gasteiger partial charge is 0.401 e. The predicted molar refractivity (Wildman–Crippen MR) is 55.1 cm³/mol. The number of fused-ring (bicyclic) bond motifs is 3. The summed E-state index contributed by atoms with van der Waals surface area (Å²) < 4.78 is 0. The van der Waals surface area contributed by atoms with Gasteiger partial charge in [-0.3, -0.25) is 11.3 Å². The molecule has 0 aliphatic rings. The zero-order valence-corrected chi connectivity index (χ0v) is 9.56. The monoisotopic (exact) mass is 248 g/mol. The molecule has 0 aliphatic heterocycles. The molecular formula is C9H6FeNS2-. The Bertz CT molecular complexity index is 546. The summed E-state index contributed by atoms with van der Waals surface area (Å²) in [4.78, 5) is 7.29. The quantitative estimate of drug-likeness (QED) is 0.462. The average molecular weight is 248 g/mol. The Morgan fingerprint density at radius 1 is 1.31 bits per heavy atom.